The molecule has 2 N–H and O–H groups in total. The largest absolute Gasteiger partial charge is 0.342 e. The van der Waals surface area contributed by atoms with Crippen LogP contribution in [0.1, 0.15) is 36.8 Å². The Labute approximate surface area is 156 Å². The van der Waals surface area contributed by atoms with Crippen LogP contribution in [0.25, 0.3) is 0 Å². The minimum Gasteiger partial charge on any atom is -0.342 e. The van der Waals surface area contributed by atoms with Crippen molar-refractivity contribution in [3.05, 3.63) is 71.8 Å². The molecule has 0 bridgehead atoms. The molecule has 0 radical (unpaired) electrons. The van der Waals surface area contributed by atoms with Gasteiger partial charge in [-0.05, 0) is 29.5 Å². The normalized spacial score (nSPS) is 19.7. The highest BCUT2D eigenvalue weighted by molar-refractivity contribution is 5.85. The maximum atomic E-state index is 12.9. The molecule has 4 heteroatoms. The summed E-state index contributed by atoms with van der Waals surface area (Å²) >= 11 is 0. The van der Waals surface area contributed by atoms with E-state index in [1.165, 1.54) is 11.1 Å². The summed E-state index contributed by atoms with van der Waals surface area (Å²) in [5, 5.41) is 0. The number of amides is 1. The number of carbonyl (C=O) groups excluding carboxylic acids is 1. The van der Waals surface area contributed by atoms with Crippen molar-refractivity contribution < 1.29 is 4.79 Å². The van der Waals surface area contributed by atoms with E-state index < -0.39 is 0 Å². The first-order valence-corrected chi connectivity index (χ1v) is 8.69. The summed E-state index contributed by atoms with van der Waals surface area (Å²) in [6, 6.07) is 20.6. The Hall–Kier alpha value is -1.84. The van der Waals surface area contributed by atoms with Crippen molar-refractivity contribution in [3.8, 4) is 0 Å². The summed E-state index contributed by atoms with van der Waals surface area (Å²) < 4.78 is 0. The highest BCUT2D eigenvalue weighted by atomic mass is 35.5. The van der Waals surface area contributed by atoms with Gasteiger partial charge in [0.2, 0.25) is 5.91 Å². The molecule has 1 unspecified atom stereocenters. The highest BCUT2D eigenvalue weighted by Crippen LogP contribution is 2.32. The smallest absolute Gasteiger partial charge is 0.223 e. The number of hydrogen-bond acceptors (Lipinski definition) is 2. The second-order valence-electron chi connectivity index (χ2n) is 7.16. The Morgan fingerprint density at radius 3 is 2.04 bits per heavy atom. The molecule has 0 spiro atoms. The van der Waals surface area contributed by atoms with Crippen LogP contribution in [0.3, 0.4) is 0 Å². The van der Waals surface area contributed by atoms with Crippen LogP contribution in [-0.4, -0.2) is 30.4 Å². The Bertz CT molecular complexity index is 637. The maximum Gasteiger partial charge on any atom is 0.223 e. The minimum absolute atomic E-state index is 0. The van der Waals surface area contributed by atoms with Gasteiger partial charge in [-0.2, -0.15) is 0 Å². The topological polar surface area (TPSA) is 46.3 Å². The molecular formula is C21H27ClN2O. The summed E-state index contributed by atoms with van der Waals surface area (Å²) in [6.45, 7) is 4.41. The van der Waals surface area contributed by atoms with Crippen molar-refractivity contribution in [1.82, 2.24) is 4.90 Å². The number of nitrogens with zero attached hydrogens (tertiary/aromatic N) is 1. The molecule has 134 valence electrons. The second-order valence-corrected chi connectivity index (χ2v) is 7.16. The van der Waals surface area contributed by atoms with Gasteiger partial charge >= 0.3 is 0 Å². The van der Waals surface area contributed by atoms with Crippen LogP contribution in [0.15, 0.2) is 60.7 Å². The molecule has 25 heavy (non-hydrogen) atoms. The van der Waals surface area contributed by atoms with E-state index in [0.717, 1.165) is 19.5 Å². The van der Waals surface area contributed by atoms with Gasteiger partial charge in [-0.25, -0.2) is 0 Å². The van der Waals surface area contributed by atoms with Crippen LogP contribution in [0.4, 0.5) is 0 Å². The number of benzene rings is 2. The Morgan fingerprint density at radius 2 is 1.60 bits per heavy atom. The van der Waals surface area contributed by atoms with E-state index in [9.17, 15) is 4.79 Å². The number of halogens is 1. The number of hydrogen-bond donors (Lipinski definition) is 1. The first kappa shape index (κ1) is 19.5. The van der Waals surface area contributed by atoms with Crippen LogP contribution >= 0.6 is 12.4 Å². The lowest BCUT2D eigenvalue weighted by Gasteiger charge is -2.25. The molecule has 1 heterocycles. The fraction of sp³-hybridized carbons (Fsp3) is 0.381. The third kappa shape index (κ3) is 4.62. The monoisotopic (exact) mass is 358 g/mol. The van der Waals surface area contributed by atoms with Crippen molar-refractivity contribution in [2.45, 2.75) is 25.7 Å². The lowest BCUT2D eigenvalue weighted by Crippen LogP contribution is -2.35. The van der Waals surface area contributed by atoms with Gasteiger partial charge in [0.25, 0.3) is 0 Å². The summed E-state index contributed by atoms with van der Waals surface area (Å²) in [5.74, 6) is 0.328. The fourth-order valence-electron chi connectivity index (χ4n) is 3.51. The van der Waals surface area contributed by atoms with E-state index in [1.54, 1.807) is 0 Å². The first-order valence-electron chi connectivity index (χ1n) is 8.69. The third-order valence-corrected chi connectivity index (χ3v) is 5.19. The third-order valence-electron chi connectivity index (χ3n) is 5.19. The van der Waals surface area contributed by atoms with Crippen LogP contribution in [0.5, 0.6) is 0 Å². The number of nitrogens with two attached hydrogens (primary N) is 1. The predicted molar refractivity (Wildman–Crippen MR) is 105 cm³/mol. The van der Waals surface area contributed by atoms with Crippen LogP contribution < -0.4 is 5.73 Å². The van der Waals surface area contributed by atoms with Crippen LogP contribution in [0, 0.1) is 5.41 Å². The average molecular weight is 359 g/mol. The van der Waals surface area contributed by atoms with E-state index in [2.05, 4.69) is 31.2 Å². The molecule has 2 aromatic rings. The Balaban J connectivity index is 0.00000225. The number of carbonyl (C=O) groups is 1. The van der Waals surface area contributed by atoms with Crippen molar-refractivity contribution in [1.29, 1.82) is 0 Å². The molecule has 1 atom stereocenters. The zero-order chi connectivity index (χ0) is 17.0. The predicted octanol–water partition coefficient (Wildman–Crippen LogP) is 3.83. The fourth-order valence-corrected chi connectivity index (χ4v) is 3.51. The molecule has 3 nitrogen and oxygen atoms in total. The maximum absolute atomic E-state index is 12.9. The summed E-state index contributed by atoms with van der Waals surface area (Å²) in [7, 11) is 0. The van der Waals surface area contributed by atoms with Crippen molar-refractivity contribution in [3.63, 3.8) is 0 Å². The zero-order valence-corrected chi connectivity index (χ0v) is 15.5. The van der Waals surface area contributed by atoms with E-state index in [1.807, 2.05) is 41.3 Å². The molecule has 0 saturated carbocycles. The quantitative estimate of drug-likeness (QED) is 0.882. The van der Waals surface area contributed by atoms with E-state index in [-0.39, 0.29) is 29.6 Å². The van der Waals surface area contributed by atoms with E-state index >= 15 is 0 Å². The van der Waals surface area contributed by atoms with Gasteiger partial charge in [0, 0.05) is 25.4 Å². The van der Waals surface area contributed by atoms with Gasteiger partial charge in [-0.3, -0.25) is 4.79 Å². The Kier molecular flexibility index (Phi) is 6.63. The minimum atomic E-state index is 0. The van der Waals surface area contributed by atoms with Gasteiger partial charge in [-0.15, -0.1) is 12.4 Å². The number of likely N-dealkylation sites (tertiary alicyclic amines) is 1. The molecule has 0 aromatic heterocycles. The van der Waals surface area contributed by atoms with Crippen LogP contribution in [-0.2, 0) is 4.79 Å². The van der Waals surface area contributed by atoms with E-state index in [4.69, 9.17) is 5.73 Å². The number of rotatable bonds is 5. The van der Waals surface area contributed by atoms with Gasteiger partial charge in [0.05, 0.1) is 0 Å². The molecular weight excluding hydrogens is 332 g/mol. The highest BCUT2D eigenvalue weighted by Gasteiger charge is 2.35. The van der Waals surface area contributed by atoms with E-state index in [0.29, 0.717) is 13.0 Å². The summed E-state index contributed by atoms with van der Waals surface area (Å²) in [5.41, 5.74) is 8.33. The van der Waals surface area contributed by atoms with Crippen LogP contribution in [0.2, 0.25) is 0 Å². The van der Waals surface area contributed by atoms with Gasteiger partial charge in [-0.1, -0.05) is 67.6 Å². The van der Waals surface area contributed by atoms with Gasteiger partial charge in [0.1, 0.15) is 0 Å². The molecule has 0 aliphatic carbocycles. The molecule has 1 aliphatic rings. The molecule has 2 aromatic carbocycles. The standard InChI is InChI=1S/C21H26N2O.ClH/c1-21(15-22)12-13-23(16-21)20(24)14-19(17-8-4-2-5-9-17)18-10-6-3-7-11-18;/h2-11,19H,12-16,22H2,1H3;1H. The second kappa shape index (κ2) is 8.50. The summed E-state index contributed by atoms with van der Waals surface area (Å²) in [4.78, 5) is 14.9. The lowest BCUT2D eigenvalue weighted by atomic mass is 9.88. The van der Waals surface area contributed by atoms with Crippen molar-refractivity contribution in [2.24, 2.45) is 11.1 Å². The molecule has 1 saturated heterocycles. The van der Waals surface area contributed by atoms with Crippen molar-refractivity contribution in [2.75, 3.05) is 19.6 Å². The average Bonchev–Trinajstić information content (AvgIpc) is 3.04. The zero-order valence-electron chi connectivity index (χ0n) is 14.7. The first-order chi connectivity index (χ1) is 11.6. The molecule has 1 amide bonds. The molecule has 1 aliphatic heterocycles. The van der Waals surface area contributed by atoms with Gasteiger partial charge in [0.15, 0.2) is 0 Å². The van der Waals surface area contributed by atoms with Crippen molar-refractivity contribution >= 4 is 18.3 Å². The molecule has 1 fully saturated rings. The molecule has 3 rings (SSSR count). The Morgan fingerprint density at radius 1 is 1.08 bits per heavy atom. The SMILES string of the molecule is CC1(CN)CCN(C(=O)CC(c2ccccc2)c2ccccc2)C1.Cl. The van der Waals surface area contributed by atoms with Gasteiger partial charge < -0.3 is 10.6 Å². The lowest BCUT2D eigenvalue weighted by molar-refractivity contribution is -0.130. The summed E-state index contributed by atoms with van der Waals surface area (Å²) in [6.07, 6.45) is 1.51.